The molecule has 0 atom stereocenters. The SMILES string of the molecule is CCNC(=NCc1cccc(C)n1)NCCCn1cccn1.I. The van der Waals surface area contributed by atoms with Gasteiger partial charge in [-0.1, -0.05) is 6.07 Å². The largest absolute Gasteiger partial charge is 0.357 e. The Labute approximate surface area is 154 Å². The van der Waals surface area contributed by atoms with Gasteiger partial charge in [0.25, 0.3) is 0 Å². The Bertz CT molecular complexity index is 582. The molecule has 2 N–H and O–H groups in total. The Morgan fingerprint density at radius 3 is 2.83 bits per heavy atom. The summed E-state index contributed by atoms with van der Waals surface area (Å²) in [6, 6.07) is 7.94. The average molecular weight is 428 g/mol. The standard InChI is InChI=1S/C16H24N6.HI/c1-3-17-16(18-9-5-11-22-12-6-10-20-22)19-13-15-8-4-7-14(2)21-15;/h4,6-8,10,12H,3,5,9,11,13H2,1-2H3,(H2,17,18,19);1H. The Morgan fingerprint density at radius 1 is 1.26 bits per heavy atom. The van der Waals surface area contributed by atoms with Crippen molar-refractivity contribution < 1.29 is 0 Å². The van der Waals surface area contributed by atoms with Crippen LogP contribution in [0, 0.1) is 6.92 Å². The molecular formula is C16H25IN6. The lowest BCUT2D eigenvalue weighted by molar-refractivity contribution is 0.570. The summed E-state index contributed by atoms with van der Waals surface area (Å²) >= 11 is 0. The van der Waals surface area contributed by atoms with E-state index in [0.717, 1.165) is 43.4 Å². The van der Waals surface area contributed by atoms with Gasteiger partial charge in [-0.15, -0.1) is 24.0 Å². The van der Waals surface area contributed by atoms with E-state index in [-0.39, 0.29) is 24.0 Å². The van der Waals surface area contributed by atoms with Crippen LogP contribution in [0.5, 0.6) is 0 Å². The predicted octanol–water partition coefficient (Wildman–Crippen LogP) is 2.35. The fourth-order valence-electron chi connectivity index (χ4n) is 2.07. The number of aromatic nitrogens is 3. The van der Waals surface area contributed by atoms with Crippen molar-refractivity contribution in [2.45, 2.75) is 33.4 Å². The second kappa shape index (κ2) is 11.0. The van der Waals surface area contributed by atoms with Gasteiger partial charge in [-0.25, -0.2) is 4.99 Å². The summed E-state index contributed by atoms with van der Waals surface area (Å²) in [6.45, 7) is 7.23. The second-order valence-electron chi connectivity index (χ2n) is 5.01. The first kappa shape index (κ1) is 19.4. The molecule has 0 unspecified atom stereocenters. The van der Waals surface area contributed by atoms with Crippen LogP contribution in [0.3, 0.4) is 0 Å². The van der Waals surface area contributed by atoms with Crippen molar-refractivity contribution in [3.8, 4) is 0 Å². The number of nitrogens with zero attached hydrogens (tertiary/aromatic N) is 4. The van der Waals surface area contributed by atoms with Gasteiger partial charge >= 0.3 is 0 Å². The van der Waals surface area contributed by atoms with Gasteiger partial charge in [0, 0.05) is 37.7 Å². The first-order valence-electron chi connectivity index (χ1n) is 7.70. The van der Waals surface area contributed by atoms with E-state index in [0.29, 0.717) is 6.54 Å². The number of halogens is 1. The van der Waals surface area contributed by atoms with Crippen LogP contribution in [-0.2, 0) is 13.1 Å². The quantitative estimate of drug-likeness (QED) is 0.308. The fraction of sp³-hybridized carbons (Fsp3) is 0.438. The number of aliphatic imine (C=N–C) groups is 1. The molecule has 0 spiro atoms. The minimum Gasteiger partial charge on any atom is -0.357 e. The molecule has 0 aliphatic heterocycles. The summed E-state index contributed by atoms with van der Waals surface area (Å²) in [6.07, 6.45) is 4.77. The molecule has 2 heterocycles. The van der Waals surface area contributed by atoms with Crippen LogP contribution in [0.25, 0.3) is 0 Å². The van der Waals surface area contributed by atoms with Crippen LogP contribution in [0.2, 0.25) is 0 Å². The summed E-state index contributed by atoms with van der Waals surface area (Å²) in [7, 11) is 0. The highest BCUT2D eigenvalue weighted by atomic mass is 127. The van der Waals surface area contributed by atoms with Gasteiger partial charge in [-0.2, -0.15) is 5.10 Å². The Hall–Kier alpha value is -1.64. The molecule has 2 rings (SSSR count). The molecule has 0 aliphatic carbocycles. The van der Waals surface area contributed by atoms with E-state index in [4.69, 9.17) is 0 Å². The average Bonchev–Trinajstić information content (AvgIpc) is 3.02. The highest BCUT2D eigenvalue weighted by molar-refractivity contribution is 14.0. The van der Waals surface area contributed by atoms with Gasteiger partial charge in [0.2, 0.25) is 0 Å². The van der Waals surface area contributed by atoms with Crippen molar-refractivity contribution in [1.82, 2.24) is 25.4 Å². The van der Waals surface area contributed by atoms with Gasteiger partial charge in [0.15, 0.2) is 5.96 Å². The zero-order chi connectivity index (χ0) is 15.6. The van der Waals surface area contributed by atoms with Gasteiger partial charge < -0.3 is 10.6 Å². The van der Waals surface area contributed by atoms with Crippen molar-refractivity contribution >= 4 is 29.9 Å². The minimum absolute atomic E-state index is 0. The van der Waals surface area contributed by atoms with Crippen molar-refractivity contribution in [2.75, 3.05) is 13.1 Å². The third kappa shape index (κ3) is 7.45. The van der Waals surface area contributed by atoms with E-state index < -0.39 is 0 Å². The normalized spacial score (nSPS) is 11.0. The number of nitrogens with one attached hydrogen (secondary N) is 2. The highest BCUT2D eigenvalue weighted by Crippen LogP contribution is 1.99. The Kier molecular flexibility index (Phi) is 9.27. The summed E-state index contributed by atoms with van der Waals surface area (Å²) in [4.78, 5) is 9.03. The first-order valence-corrected chi connectivity index (χ1v) is 7.70. The second-order valence-corrected chi connectivity index (χ2v) is 5.01. The smallest absolute Gasteiger partial charge is 0.191 e. The molecule has 0 aromatic carbocycles. The van der Waals surface area contributed by atoms with E-state index in [9.17, 15) is 0 Å². The Morgan fingerprint density at radius 2 is 2.13 bits per heavy atom. The van der Waals surface area contributed by atoms with Crippen molar-refractivity contribution in [3.63, 3.8) is 0 Å². The molecule has 0 radical (unpaired) electrons. The van der Waals surface area contributed by atoms with Gasteiger partial charge in [-0.3, -0.25) is 9.67 Å². The maximum atomic E-state index is 4.57. The molecule has 126 valence electrons. The van der Waals surface area contributed by atoms with E-state index in [1.54, 1.807) is 6.20 Å². The molecule has 0 amide bonds. The molecule has 7 heteroatoms. The van der Waals surface area contributed by atoms with Gasteiger partial charge in [-0.05, 0) is 38.5 Å². The number of pyridine rings is 1. The maximum absolute atomic E-state index is 4.57. The molecule has 0 bridgehead atoms. The maximum Gasteiger partial charge on any atom is 0.191 e. The molecule has 6 nitrogen and oxygen atoms in total. The lowest BCUT2D eigenvalue weighted by Crippen LogP contribution is -2.38. The number of aryl methyl sites for hydroxylation is 2. The third-order valence-electron chi connectivity index (χ3n) is 3.11. The summed E-state index contributed by atoms with van der Waals surface area (Å²) in [5, 5.41) is 10.8. The Balaban J connectivity index is 0.00000264. The van der Waals surface area contributed by atoms with E-state index in [2.05, 4.69) is 32.6 Å². The molecule has 0 fully saturated rings. The number of hydrogen-bond donors (Lipinski definition) is 2. The third-order valence-corrected chi connectivity index (χ3v) is 3.11. The monoisotopic (exact) mass is 428 g/mol. The van der Waals surface area contributed by atoms with Crippen molar-refractivity contribution in [2.24, 2.45) is 4.99 Å². The summed E-state index contributed by atoms with van der Waals surface area (Å²) in [5.41, 5.74) is 2.00. The van der Waals surface area contributed by atoms with Crippen molar-refractivity contribution in [3.05, 3.63) is 48.0 Å². The van der Waals surface area contributed by atoms with E-state index in [1.165, 1.54) is 0 Å². The minimum atomic E-state index is 0. The van der Waals surface area contributed by atoms with Crippen LogP contribution in [0.1, 0.15) is 24.7 Å². The van der Waals surface area contributed by atoms with Crippen LogP contribution in [-0.4, -0.2) is 33.8 Å². The predicted molar refractivity (Wildman–Crippen MR) is 104 cm³/mol. The molecule has 23 heavy (non-hydrogen) atoms. The lowest BCUT2D eigenvalue weighted by atomic mass is 10.3. The zero-order valence-electron chi connectivity index (χ0n) is 13.7. The first-order chi connectivity index (χ1) is 10.8. The number of guanidine groups is 1. The fourth-order valence-corrected chi connectivity index (χ4v) is 2.07. The molecule has 2 aromatic heterocycles. The molecule has 0 saturated heterocycles. The summed E-state index contributed by atoms with van der Waals surface area (Å²) < 4.78 is 1.93. The highest BCUT2D eigenvalue weighted by Gasteiger charge is 1.99. The number of rotatable bonds is 7. The molecular weight excluding hydrogens is 403 g/mol. The van der Waals surface area contributed by atoms with Crippen LogP contribution >= 0.6 is 24.0 Å². The molecule has 0 aliphatic rings. The summed E-state index contributed by atoms with van der Waals surface area (Å²) in [5.74, 6) is 0.825. The van der Waals surface area contributed by atoms with Crippen LogP contribution < -0.4 is 10.6 Å². The topological polar surface area (TPSA) is 67.1 Å². The molecule has 0 saturated carbocycles. The van der Waals surface area contributed by atoms with E-state index in [1.807, 2.05) is 42.1 Å². The van der Waals surface area contributed by atoms with Crippen LogP contribution in [0.4, 0.5) is 0 Å². The van der Waals surface area contributed by atoms with Gasteiger partial charge in [0.05, 0.1) is 12.2 Å². The zero-order valence-corrected chi connectivity index (χ0v) is 16.0. The van der Waals surface area contributed by atoms with Crippen molar-refractivity contribution in [1.29, 1.82) is 0 Å². The lowest BCUT2D eigenvalue weighted by Gasteiger charge is -2.11. The number of hydrogen-bond acceptors (Lipinski definition) is 3. The molecule has 2 aromatic rings. The van der Waals surface area contributed by atoms with Crippen LogP contribution in [0.15, 0.2) is 41.7 Å². The van der Waals surface area contributed by atoms with Gasteiger partial charge in [0.1, 0.15) is 0 Å². The van der Waals surface area contributed by atoms with E-state index >= 15 is 0 Å².